The zero-order valence-corrected chi connectivity index (χ0v) is 9.76. The summed E-state index contributed by atoms with van der Waals surface area (Å²) in [6.07, 6.45) is 2.45. The molecule has 15 heavy (non-hydrogen) atoms. The van der Waals surface area contributed by atoms with Crippen molar-refractivity contribution in [3.8, 4) is 0 Å². The topological polar surface area (TPSA) is 57.6 Å². The van der Waals surface area contributed by atoms with Crippen LogP contribution in [0.5, 0.6) is 0 Å². The van der Waals surface area contributed by atoms with E-state index in [9.17, 15) is 9.59 Å². The van der Waals surface area contributed by atoms with Gasteiger partial charge in [0.1, 0.15) is 6.04 Å². The lowest BCUT2D eigenvalue weighted by Crippen LogP contribution is -2.41. The molecule has 1 heterocycles. The second-order valence-electron chi connectivity index (χ2n) is 3.64. The largest absolute Gasteiger partial charge is 0.480 e. The summed E-state index contributed by atoms with van der Waals surface area (Å²) in [5.74, 6) is 0.467. The molecule has 0 aliphatic carbocycles. The molecule has 1 N–H and O–H groups in total. The third kappa shape index (κ3) is 3.41. The van der Waals surface area contributed by atoms with Crippen LogP contribution in [0.3, 0.4) is 0 Å². The monoisotopic (exact) mass is 231 g/mol. The maximum atomic E-state index is 11.7. The molecule has 0 aromatic rings. The molecule has 0 aromatic carbocycles. The predicted molar refractivity (Wildman–Crippen MR) is 60.0 cm³/mol. The van der Waals surface area contributed by atoms with Crippen molar-refractivity contribution in [1.82, 2.24) is 4.90 Å². The number of carbonyl (C=O) groups excluding carboxylic acids is 1. The van der Waals surface area contributed by atoms with Crippen LogP contribution in [0.4, 0.5) is 0 Å². The number of thioether (sulfide) groups is 1. The van der Waals surface area contributed by atoms with E-state index in [0.717, 1.165) is 18.6 Å². The first-order valence-electron chi connectivity index (χ1n) is 5.26. The van der Waals surface area contributed by atoms with Gasteiger partial charge in [0.25, 0.3) is 0 Å². The highest BCUT2D eigenvalue weighted by molar-refractivity contribution is 7.99. The molecule has 0 aromatic heterocycles. The molecule has 1 amide bonds. The molecule has 1 unspecified atom stereocenters. The van der Waals surface area contributed by atoms with Crippen LogP contribution in [-0.4, -0.2) is 46.0 Å². The van der Waals surface area contributed by atoms with Crippen LogP contribution in [0.15, 0.2) is 0 Å². The van der Waals surface area contributed by atoms with Gasteiger partial charge in [0.05, 0.1) is 5.75 Å². The zero-order valence-electron chi connectivity index (χ0n) is 8.94. The van der Waals surface area contributed by atoms with Crippen LogP contribution in [0.2, 0.25) is 0 Å². The van der Waals surface area contributed by atoms with Gasteiger partial charge < -0.3 is 10.0 Å². The summed E-state index contributed by atoms with van der Waals surface area (Å²) in [6, 6.07) is -0.584. The number of hydrogen-bond donors (Lipinski definition) is 1. The van der Waals surface area contributed by atoms with Gasteiger partial charge in [-0.15, -0.1) is 0 Å². The second-order valence-corrected chi connectivity index (χ2v) is 4.74. The number of rotatable bonds is 5. The van der Waals surface area contributed by atoms with Crippen LogP contribution >= 0.6 is 11.8 Å². The highest BCUT2D eigenvalue weighted by atomic mass is 32.2. The number of aliphatic carboxylic acids is 1. The molecule has 1 aliphatic rings. The SMILES string of the molecule is CCCSCC(=O)N1CCCC1C(=O)O. The molecule has 0 spiro atoms. The molecule has 0 saturated carbocycles. The molecule has 4 nitrogen and oxygen atoms in total. The molecular formula is C10H17NO3S. The van der Waals surface area contributed by atoms with Crippen molar-refractivity contribution in [3.05, 3.63) is 0 Å². The summed E-state index contributed by atoms with van der Waals surface area (Å²) < 4.78 is 0. The van der Waals surface area contributed by atoms with Crippen molar-refractivity contribution in [1.29, 1.82) is 0 Å². The Morgan fingerprint density at radius 2 is 2.27 bits per heavy atom. The summed E-state index contributed by atoms with van der Waals surface area (Å²) in [4.78, 5) is 24.0. The van der Waals surface area contributed by atoms with Gasteiger partial charge in [0.15, 0.2) is 0 Å². The van der Waals surface area contributed by atoms with Gasteiger partial charge in [-0.1, -0.05) is 6.92 Å². The third-order valence-electron chi connectivity index (χ3n) is 2.43. The van der Waals surface area contributed by atoms with Crippen molar-refractivity contribution in [2.45, 2.75) is 32.2 Å². The first-order valence-corrected chi connectivity index (χ1v) is 6.42. The van der Waals surface area contributed by atoms with E-state index in [1.54, 1.807) is 11.8 Å². The molecule has 1 fully saturated rings. The van der Waals surface area contributed by atoms with E-state index in [1.165, 1.54) is 4.90 Å². The molecule has 1 saturated heterocycles. The van der Waals surface area contributed by atoms with Gasteiger partial charge in [0.2, 0.25) is 5.91 Å². The highest BCUT2D eigenvalue weighted by Gasteiger charge is 2.33. The fraction of sp³-hybridized carbons (Fsp3) is 0.800. The zero-order chi connectivity index (χ0) is 11.3. The third-order valence-corrected chi connectivity index (χ3v) is 3.58. The average Bonchev–Trinajstić information content (AvgIpc) is 2.66. The summed E-state index contributed by atoms with van der Waals surface area (Å²) in [5, 5.41) is 8.90. The minimum Gasteiger partial charge on any atom is -0.480 e. The number of likely N-dealkylation sites (tertiary alicyclic amines) is 1. The quantitative estimate of drug-likeness (QED) is 0.722. The smallest absolute Gasteiger partial charge is 0.326 e. The van der Waals surface area contributed by atoms with Gasteiger partial charge >= 0.3 is 5.97 Å². The van der Waals surface area contributed by atoms with E-state index in [0.29, 0.717) is 18.7 Å². The minimum absolute atomic E-state index is 0.0293. The van der Waals surface area contributed by atoms with Crippen LogP contribution in [-0.2, 0) is 9.59 Å². The predicted octanol–water partition coefficient (Wildman–Crippen LogP) is 1.21. The first kappa shape index (κ1) is 12.4. The number of nitrogens with zero attached hydrogens (tertiary/aromatic N) is 1. The fourth-order valence-corrected chi connectivity index (χ4v) is 2.48. The van der Waals surface area contributed by atoms with Crippen molar-refractivity contribution in [3.63, 3.8) is 0 Å². The van der Waals surface area contributed by atoms with E-state index >= 15 is 0 Å². The molecule has 86 valence electrons. The lowest BCUT2D eigenvalue weighted by molar-refractivity contribution is -0.147. The molecule has 1 aliphatic heterocycles. The second kappa shape index (κ2) is 6.00. The Morgan fingerprint density at radius 3 is 2.87 bits per heavy atom. The standard InChI is InChI=1S/C10H17NO3S/c1-2-6-15-7-9(12)11-5-3-4-8(11)10(13)14/h8H,2-7H2,1H3,(H,13,14). The van der Waals surface area contributed by atoms with Crippen molar-refractivity contribution < 1.29 is 14.7 Å². The van der Waals surface area contributed by atoms with Crippen LogP contribution in [0.1, 0.15) is 26.2 Å². The van der Waals surface area contributed by atoms with Gasteiger partial charge in [-0.2, -0.15) is 11.8 Å². The molecule has 5 heteroatoms. The van der Waals surface area contributed by atoms with Gasteiger partial charge in [0, 0.05) is 6.54 Å². The maximum absolute atomic E-state index is 11.7. The van der Waals surface area contributed by atoms with Crippen LogP contribution < -0.4 is 0 Å². The number of carbonyl (C=O) groups is 2. The van der Waals surface area contributed by atoms with E-state index in [1.807, 2.05) is 0 Å². The molecule has 0 radical (unpaired) electrons. The average molecular weight is 231 g/mol. The van der Waals surface area contributed by atoms with Crippen molar-refractivity contribution >= 4 is 23.6 Å². The lowest BCUT2D eigenvalue weighted by atomic mass is 10.2. The molecular weight excluding hydrogens is 214 g/mol. The Labute approximate surface area is 94.0 Å². The summed E-state index contributed by atoms with van der Waals surface area (Å²) >= 11 is 1.58. The van der Waals surface area contributed by atoms with Crippen molar-refractivity contribution in [2.75, 3.05) is 18.1 Å². The lowest BCUT2D eigenvalue weighted by Gasteiger charge is -2.21. The van der Waals surface area contributed by atoms with Crippen LogP contribution in [0, 0.1) is 0 Å². The Hall–Kier alpha value is -0.710. The Balaban J connectivity index is 2.40. The first-order chi connectivity index (χ1) is 7.16. The highest BCUT2D eigenvalue weighted by Crippen LogP contribution is 2.18. The minimum atomic E-state index is -0.874. The van der Waals surface area contributed by atoms with Gasteiger partial charge in [-0.3, -0.25) is 4.79 Å². The van der Waals surface area contributed by atoms with Crippen LogP contribution in [0.25, 0.3) is 0 Å². The maximum Gasteiger partial charge on any atom is 0.326 e. The molecule has 1 rings (SSSR count). The molecule has 0 bridgehead atoms. The Morgan fingerprint density at radius 1 is 1.53 bits per heavy atom. The van der Waals surface area contributed by atoms with E-state index < -0.39 is 12.0 Å². The van der Waals surface area contributed by atoms with E-state index in [2.05, 4.69) is 6.92 Å². The summed E-state index contributed by atoms with van der Waals surface area (Å²) in [7, 11) is 0. The summed E-state index contributed by atoms with van der Waals surface area (Å²) in [5.41, 5.74) is 0. The fourth-order valence-electron chi connectivity index (χ4n) is 1.71. The summed E-state index contributed by atoms with van der Waals surface area (Å²) in [6.45, 7) is 2.66. The molecule has 1 atom stereocenters. The number of carboxylic acid groups (broad SMARTS) is 1. The number of amides is 1. The Bertz CT molecular complexity index is 245. The number of carboxylic acids is 1. The van der Waals surface area contributed by atoms with Gasteiger partial charge in [-0.05, 0) is 25.0 Å². The normalized spacial score (nSPS) is 20.6. The van der Waals surface area contributed by atoms with Gasteiger partial charge in [-0.25, -0.2) is 4.79 Å². The van der Waals surface area contributed by atoms with E-state index in [-0.39, 0.29) is 5.91 Å². The Kier molecular flexibility index (Phi) is 4.94. The van der Waals surface area contributed by atoms with Crippen molar-refractivity contribution in [2.24, 2.45) is 0 Å². The number of hydrogen-bond acceptors (Lipinski definition) is 3. The van der Waals surface area contributed by atoms with E-state index in [4.69, 9.17) is 5.11 Å².